The van der Waals surface area contributed by atoms with Crippen LogP contribution in [0.5, 0.6) is 0 Å². The van der Waals surface area contributed by atoms with Gasteiger partial charge in [0.15, 0.2) is 0 Å². The Bertz CT molecular complexity index is 2120. The molecule has 324 valence electrons. The summed E-state index contributed by atoms with van der Waals surface area (Å²) in [4.78, 5) is 77.2. The van der Waals surface area contributed by atoms with Crippen molar-refractivity contribution in [2.24, 2.45) is 16.7 Å². The number of aryl methyl sites for hydroxylation is 1. The maximum Gasteiger partial charge on any atom is 0.406 e. The van der Waals surface area contributed by atoms with E-state index in [0.717, 1.165) is 33.0 Å². The molecule has 4 aromatic rings. The van der Waals surface area contributed by atoms with E-state index in [-0.39, 0.29) is 38.3 Å². The highest BCUT2D eigenvalue weighted by Gasteiger charge is 2.50. The molecule has 2 aromatic carbocycles. The second-order valence-corrected chi connectivity index (χ2v) is 17.6. The van der Waals surface area contributed by atoms with Crippen LogP contribution in [0.2, 0.25) is 0 Å². The predicted octanol–water partition coefficient (Wildman–Crippen LogP) is 5.51. The van der Waals surface area contributed by atoms with Gasteiger partial charge in [-0.25, -0.2) is 9.59 Å². The van der Waals surface area contributed by atoms with Gasteiger partial charge in [-0.05, 0) is 72.4 Å². The first-order chi connectivity index (χ1) is 28.9. The zero-order chi connectivity index (χ0) is 44.3. The van der Waals surface area contributed by atoms with E-state index < -0.39 is 64.9 Å². The first kappa shape index (κ1) is 45.9. The monoisotopic (exact) mass is 833 g/mol. The number of rotatable bonds is 18. The van der Waals surface area contributed by atoms with Crippen molar-refractivity contribution in [3.05, 3.63) is 120 Å². The number of imide groups is 1. The Morgan fingerprint density at radius 1 is 0.869 bits per heavy atom. The zero-order valence-electron chi connectivity index (χ0n) is 36.1. The number of nitrogens with zero attached hydrogens (tertiary/aromatic N) is 3. The molecule has 14 heteroatoms. The van der Waals surface area contributed by atoms with Gasteiger partial charge >= 0.3 is 12.1 Å². The Labute approximate surface area is 358 Å². The summed E-state index contributed by atoms with van der Waals surface area (Å²) in [6.45, 7) is 11.2. The fraction of sp³-hybridized carbons (Fsp3) is 0.426. The van der Waals surface area contributed by atoms with Gasteiger partial charge in [0.25, 0.3) is 5.91 Å². The van der Waals surface area contributed by atoms with Gasteiger partial charge < -0.3 is 31.1 Å². The molecule has 14 nitrogen and oxygen atoms in total. The van der Waals surface area contributed by atoms with Crippen molar-refractivity contribution in [3.8, 4) is 11.3 Å². The van der Waals surface area contributed by atoms with Crippen molar-refractivity contribution >= 4 is 29.8 Å². The number of hydrogen-bond donors (Lipinski definition) is 5. The summed E-state index contributed by atoms with van der Waals surface area (Å²) < 4.78 is 4.70. The standard InChI is InChI=1S/C47H59N7O7/c1-30-14-13-17-34(50-30)28-54-43(58)41(53-44(54)59)40(46(2,3)4)42(57)52-37(25-31-15-9-8-10-16-31)38(55)26-35(51-39(56)27-47(5,6)29-49-45(60)61-7)24-32-19-21-33(22-20-32)36-18-11-12-23-48-36/h8-23,35,37-38,40-41,55H,24-29H2,1-7H3,(H,49,60)(H,51,56)(H,52,57)(H,53,59). The molecule has 0 bridgehead atoms. The van der Waals surface area contributed by atoms with Crippen molar-refractivity contribution in [1.82, 2.24) is 36.1 Å². The number of methoxy groups -OCH3 is 1. The third-order valence-electron chi connectivity index (χ3n) is 10.8. The average molecular weight is 834 g/mol. The van der Waals surface area contributed by atoms with Gasteiger partial charge in [-0.1, -0.05) is 101 Å². The van der Waals surface area contributed by atoms with Gasteiger partial charge in [0, 0.05) is 36.5 Å². The lowest BCUT2D eigenvalue weighted by Crippen LogP contribution is -2.56. The fourth-order valence-electron chi connectivity index (χ4n) is 7.67. The largest absolute Gasteiger partial charge is 0.453 e. The minimum absolute atomic E-state index is 0.0470. The molecule has 2 aromatic heterocycles. The van der Waals surface area contributed by atoms with E-state index in [1.807, 2.05) is 120 Å². The van der Waals surface area contributed by atoms with Crippen LogP contribution in [0.25, 0.3) is 11.3 Å². The van der Waals surface area contributed by atoms with Crippen molar-refractivity contribution in [3.63, 3.8) is 0 Å². The molecule has 0 aliphatic carbocycles. The SMILES string of the molecule is COC(=O)NCC(C)(C)CC(=O)NC(Cc1ccc(-c2ccccn2)cc1)CC(O)C(Cc1ccccc1)NC(=O)C(C1NC(=O)N(Cc2cccc(C)n2)C1=O)C(C)(C)C. The van der Waals surface area contributed by atoms with Crippen molar-refractivity contribution < 1.29 is 33.8 Å². The maximum absolute atomic E-state index is 14.6. The van der Waals surface area contributed by atoms with Crippen LogP contribution in [-0.4, -0.2) is 87.7 Å². The number of amides is 6. The lowest BCUT2D eigenvalue weighted by molar-refractivity contribution is -0.138. The fourth-order valence-corrected chi connectivity index (χ4v) is 7.67. The van der Waals surface area contributed by atoms with E-state index >= 15 is 0 Å². The van der Waals surface area contributed by atoms with Crippen LogP contribution in [0.15, 0.2) is 97.2 Å². The number of nitrogens with one attached hydrogen (secondary N) is 4. The lowest BCUT2D eigenvalue weighted by atomic mass is 9.75. The number of hydrogen-bond acceptors (Lipinski definition) is 9. The molecule has 1 aliphatic heterocycles. The normalized spacial score (nSPS) is 16.2. The Kier molecular flexibility index (Phi) is 15.4. The number of alkyl carbamates (subject to hydrolysis) is 1. The molecule has 6 amide bonds. The molecule has 1 saturated heterocycles. The molecular weight excluding hydrogens is 775 g/mol. The second kappa shape index (κ2) is 20.4. The average Bonchev–Trinajstić information content (AvgIpc) is 3.47. The minimum Gasteiger partial charge on any atom is -0.453 e. The molecule has 0 saturated carbocycles. The van der Waals surface area contributed by atoms with Crippen molar-refractivity contribution in [2.75, 3.05) is 13.7 Å². The van der Waals surface area contributed by atoms with E-state index in [2.05, 4.69) is 31.2 Å². The molecular formula is C47H59N7O7. The molecule has 0 spiro atoms. The summed E-state index contributed by atoms with van der Waals surface area (Å²) in [5.74, 6) is -2.34. The molecule has 0 radical (unpaired) electrons. The third kappa shape index (κ3) is 13.2. The number of carbonyl (C=O) groups excluding carboxylic acids is 5. The number of urea groups is 1. The van der Waals surface area contributed by atoms with Crippen LogP contribution in [0.3, 0.4) is 0 Å². The van der Waals surface area contributed by atoms with Crippen LogP contribution >= 0.6 is 0 Å². The van der Waals surface area contributed by atoms with Gasteiger partial charge in [0.2, 0.25) is 11.8 Å². The highest BCUT2D eigenvalue weighted by Crippen LogP contribution is 2.33. The molecule has 5 atom stereocenters. The van der Waals surface area contributed by atoms with E-state index in [0.29, 0.717) is 12.1 Å². The molecule has 3 heterocycles. The third-order valence-corrected chi connectivity index (χ3v) is 10.8. The van der Waals surface area contributed by atoms with E-state index in [1.54, 1.807) is 18.3 Å². The Morgan fingerprint density at radius 2 is 1.56 bits per heavy atom. The Hall–Kier alpha value is -6.15. The van der Waals surface area contributed by atoms with Crippen LogP contribution in [0.1, 0.15) is 70.0 Å². The van der Waals surface area contributed by atoms with Gasteiger partial charge in [-0.3, -0.25) is 29.3 Å². The number of aliphatic hydroxyl groups excluding tert-OH is 1. The van der Waals surface area contributed by atoms with Gasteiger partial charge in [0.1, 0.15) is 6.04 Å². The van der Waals surface area contributed by atoms with Crippen molar-refractivity contribution in [2.45, 2.75) is 98.0 Å². The van der Waals surface area contributed by atoms with Gasteiger partial charge in [-0.15, -0.1) is 0 Å². The Morgan fingerprint density at radius 3 is 2.20 bits per heavy atom. The molecule has 1 fully saturated rings. The summed E-state index contributed by atoms with van der Waals surface area (Å²) in [7, 11) is 1.27. The van der Waals surface area contributed by atoms with E-state index in [1.165, 1.54) is 7.11 Å². The van der Waals surface area contributed by atoms with Crippen LogP contribution < -0.4 is 21.3 Å². The summed E-state index contributed by atoms with van der Waals surface area (Å²) in [5, 5.41) is 23.8. The van der Waals surface area contributed by atoms with Gasteiger partial charge in [-0.2, -0.15) is 0 Å². The number of aromatic nitrogens is 2. The highest BCUT2D eigenvalue weighted by atomic mass is 16.5. The number of benzene rings is 2. The summed E-state index contributed by atoms with van der Waals surface area (Å²) >= 11 is 0. The molecule has 1 aliphatic rings. The summed E-state index contributed by atoms with van der Waals surface area (Å²) in [6, 6.07) is 25.1. The van der Waals surface area contributed by atoms with Crippen LogP contribution in [0, 0.1) is 23.7 Å². The van der Waals surface area contributed by atoms with Crippen molar-refractivity contribution in [1.29, 1.82) is 0 Å². The minimum atomic E-state index is -1.17. The summed E-state index contributed by atoms with van der Waals surface area (Å²) in [5.41, 5.74) is 3.36. The number of carbonyl (C=O) groups is 5. The number of pyridine rings is 2. The first-order valence-electron chi connectivity index (χ1n) is 20.6. The van der Waals surface area contributed by atoms with Crippen LogP contribution in [-0.2, 0) is 38.5 Å². The Balaban J connectivity index is 1.39. The quantitative estimate of drug-likeness (QED) is 0.0805. The molecule has 5 unspecified atom stereocenters. The highest BCUT2D eigenvalue weighted by molar-refractivity contribution is 6.06. The molecule has 61 heavy (non-hydrogen) atoms. The summed E-state index contributed by atoms with van der Waals surface area (Å²) in [6.07, 6.45) is 0.687. The first-order valence-corrected chi connectivity index (χ1v) is 20.6. The number of aliphatic hydroxyl groups is 1. The predicted molar refractivity (Wildman–Crippen MR) is 232 cm³/mol. The zero-order valence-corrected chi connectivity index (χ0v) is 36.1. The number of ether oxygens (including phenoxy) is 1. The van der Waals surface area contributed by atoms with Gasteiger partial charge in [0.05, 0.1) is 43.1 Å². The smallest absolute Gasteiger partial charge is 0.406 e. The molecule has 5 rings (SSSR count). The topological polar surface area (TPSA) is 192 Å². The van der Waals surface area contributed by atoms with Crippen LogP contribution in [0.4, 0.5) is 9.59 Å². The molecule has 5 N–H and O–H groups in total. The second-order valence-electron chi connectivity index (χ2n) is 17.6. The van der Waals surface area contributed by atoms with E-state index in [4.69, 9.17) is 4.74 Å². The maximum atomic E-state index is 14.6. The van der Waals surface area contributed by atoms with E-state index in [9.17, 15) is 29.1 Å². The lowest BCUT2D eigenvalue weighted by Gasteiger charge is -2.35.